The summed E-state index contributed by atoms with van der Waals surface area (Å²) in [7, 11) is 0. The van der Waals surface area contributed by atoms with Gasteiger partial charge in [-0.25, -0.2) is 5.90 Å². The molecule has 0 aromatic rings. The van der Waals surface area contributed by atoms with E-state index in [0.717, 1.165) is 6.61 Å². The highest BCUT2D eigenvalue weighted by atomic mass is 16.6. The minimum absolute atomic E-state index is 0.395. The summed E-state index contributed by atoms with van der Waals surface area (Å²) in [6.45, 7) is 7.57. The van der Waals surface area contributed by atoms with Gasteiger partial charge in [0, 0.05) is 5.41 Å². The van der Waals surface area contributed by atoms with E-state index in [1.165, 1.54) is 19.3 Å². The van der Waals surface area contributed by atoms with Crippen molar-refractivity contribution in [2.45, 2.75) is 40.0 Å². The highest BCUT2D eigenvalue weighted by molar-refractivity contribution is 5.02. The molecule has 0 spiro atoms. The van der Waals surface area contributed by atoms with Crippen molar-refractivity contribution in [2.75, 3.05) is 6.61 Å². The first-order valence-corrected chi connectivity index (χ1v) is 4.40. The van der Waals surface area contributed by atoms with Gasteiger partial charge in [-0.05, 0) is 18.3 Å². The summed E-state index contributed by atoms with van der Waals surface area (Å²) in [5, 5.41) is 0. The van der Waals surface area contributed by atoms with E-state index in [1.54, 1.807) is 0 Å². The predicted octanol–water partition coefficient (Wildman–Crippen LogP) is 2.09. The highest BCUT2D eigenvalue weighted by Gasteiger charge is 2.53. The van der Waals surface area contributed by atoms with Gasteiger partial charge >= 0.3 is 0 Å². The number of hydrogen-bond acceptors (Lipinski definition) is 2. The number of rotatable bonds is 4. The second-order valence-corrected chi connectivity index (χ2v) is 4.33. The van der Waals surface area contributed by atoms with E-state index in [4.69, 9.17) is 10.7 Å². The van der Waals surface area contributed by atoms with Crippen LogP contribution in [0.5, 0.6) is 0 Å². The molecule has 1 rings (SSSR count). The quantitative estimate of drug-likeness (QED) is 0.634. The second-order valence-electron chi connectivity index (χ2n) is 4.33. The molecule has 66 valence electrons. The van der Waals surface area contributed by atoms with Crippen LogP contribution in [0.3, 0.4) is 0 Å². The number of hydrogen-bond donors (Lipinski definition) is 1. The molecule has 0 aromatic heterocycles. The van der Waals surface area contributed by atoms with Gasteiger partial charge in [0.2, 0.25) is 0 Å². The Hall–Kier alpha value is -0.0800. The molecule has 2 heteroatoms. The monoisotopic (exact) mass is 157 g/mol. The standard InChI is InChI=1S/C9H19NO/c1-4-8(2,3)9(5-6-9)7-11-10/h4-7,10H2,1-3H3. The smallest absolute Gasteiger partial charge is 0.0740 e. The minimum Gasteiger partial charge on any atom is -0.304 e. The largest absolute Gasteiger partial charge is 0.304 e. The maximum Gasteiger partial charge on any atom is 0.0740 e. The van der Waals surface area contributed by atoms with Crippen LogP contribution in [-0.4, -0.2) is 6.61 Å². The molecular formula is C9H19NO. The zero-order chi connectivity index (χ0) is 8.54. The lowest BCUT2D eigenvalue weighted by Crippen LogP contribution is -2.30. The lowest BCUT2D eigenvalue weighted by Gasteiger charge is -2.33. The first kappa shape index (κ1) is 9.01. The van der Waals surface area contributed by atoms with E-state index in [1.807, 2.05) is 0 Å². The molecule has 1 aliphatic carbocycles. The zero-order valence-electron chi connectivity index (χ0n) is 7.81. The topological polar surface area (TPSA) is 35.2 Å². The summed E-state index contributed by atoms with van der Waals surface area (Å²) in [6, 6.07) is 0. The Balaban J connectivity index is 2.56. The molecule has 0 radical (unpaired) electrons. The van der Waals surface area contributed by atoms with E-state index in [2.05, 4.69) is 20.8 Å². The Morgan fingerprint density at radius 1 is 1.45 bits per heavy atom. The molecule has 1 saturated carbocycles. The van der Waals surface area contributed by atoms with Crippen LogP contribution in [-0.2, 0) is 4.84 Å². The Labute approximate surface area is 69.1 Å². The van der Waals surface area contributed by atoms with Crippen LogP contribution in [0.15, 0.2) is 0 Å². The maximum absolute atomic E-state index is 5.11. The van der Waals surface area contributed by atoms with Gasteiger partial charge in [-0.2, -0.15) is 0 Å². The molecule has 0 aromatic carbocycles. The van der Waals surface area contributed by atoms with Crippen LogP contribution in [0, 0.1) is 10.8 Å². The average Bonchev–Trinajstić information content (AvgIpc) is 2.70. The fourth-order valence-corrected chi connectivity index (χ4v) is 1.70. The fourth-order valence-electron chi connectivity index (χ4n) is 1.70. The number of nitrogens with two attached hydrogens (primary N) is 1. The summed E-state index contributed by atoms with van der Waals surface area (Å²) >= 11 is 0. The predicted molar refractivity (Wildman–Crippen MR) is 45.9 cm³/mol. The third-order valence-corrected chi connectivity index (χ3v) is 3.53. The van der Waals surface area contributed by atoms with Crippen LogP contribution in [0.1, 0.15) is 40.0 Å². The molecule has 0 amide bonds. The van der Waals surface area contributed by atoms with Crippen molar-refractivity contribution >= 4 is 0 Å². The maximum atomic E-state index is 5.11. The Morgan fingerprint density at radius 2 is 2.00 bits per heavy atom. The van der Waals surface area contributed by atoms with Crippen molar-refractivity contribution in [3.63, 3.8) is 0 Å². The third kappa shape index (κ3) is 1.42. The van der Waals surface area contributed by atoms with Crippen molar-refractivity contribution in [3.8, 4) is 0 Å². The van der Waals surface area contributed by atoms with E-state index >= 15 is 0 Å². The van der Waals surface area contributed by atoms with Crippen LogP contribution < -0.4 is 5.90 Å². The molecule has 0 bridgehead atoms. The van der Waals surface area contributed by atoms with Gasteiger partial charge in [0.15, 0.2) is 0 Å². The molecule has 0 atom stereocenters. The molecule has 11 heavy (non-hydrogen) atoms. The average molecular weight is 157 g/mol. The molecule has 0 aliphatic heterocycles. The van der Waals surface area contributed by atoms with E-state index in [0.29, 0.717) is 10.8 Å². The van der Waals surface area contributed by atoms with Crippen LogP contribution in [0.4, 0.5) is 0 Å². The SMILES string of the molecule is CCC(C)(C)C1(CON)CC1. The van der Waals surface area contributed by atoms with E-state index < -0.39 is 0 Å². The third-order valence-electron chi connectivity index (χ3n) is 3.53. The molecule has 1 aliphatic rings. The van der Waals surface area contributed by atoms with Gasteiger partial charge in [0.1, 0.15) is 0 Å². The van der Waals surface area contributed by atoms with Gasteiger partial charge in [-0.15, -0.1) is 0 Å². The van der Waals surface area contributed by atoms with Crippen molar-refractivity contribution in [2.24, 2.45) is 16.7 Å². The summed E-state index contributed by atoms with van der Waals surface area (Å²) in [6.07, 6.45) is 3.77. The van der Waals surface area contributed by atoms with E-state index in [9.17, 15) is 0 Å². The van der Waals surface area contributed by atoms with Crippen LogP contribution in [0.2, 0.25) is 0 Å². The summed E-state index contributed by atoms with van der Waals surface area (Å²) < 4.78 is 0. The lowest BCUT2D eigenvalue weighted by atomic mass is 9.74. The first-order chi connectivity index (χ1) is 5.08. The normalized spacial score (nSPS) is 21.8. The molecule has 0 saturated heterocycles. The molecule has 0 heterocycles. The molecule has 1 fully saturated rings. The van der Waals surface area contributed by atoms with Gasteiger partial charge in [0.25, 0.3) is 0 Å². The van der Waals surface area contributed by atoms with Crippen molar-refractivity contribution in [1.82, 2.24) is 0 Å². The summed E-state index contributed by atoms with van der Waals surface area (Å²) in [5.74, 6) is 5.11. The molecule has 2 N–H and O–H groups in total. The second kappa shape index (κ2) is 2.76. The minimum atomic E-state index is 0.395. The van der Waals surface area contributed by atoms with E-state index in [-0.39, 0.29) is 0 Å². The zero-order valence-corrected chi connectivity index (χ0v) is 7.81. The van der Waals surface area contributed by atoms with Crippen LogP contribution >= 0.6 is 0 Å². The lowest BCUT2D eigenvalue weighted by molar-refractivity contribution is 0.0305. The molecular weight excluding hydrogens is 138 g/mol. The van der Waals surface area contributed by atoms with Crippen molar-refractivity contribution in [1.29, 1.82) is 0 Å². The van der Waals surface area contributed by atoms with Gasteiger partial charge < -0.3 is 4.84 Å². The van der Waals surface area contributed by atoms with Crippen LogP contribution in [0.25, 0.3) is 0 Å². The Kier molecular flexibility index (Phi) is 2.26. The molecule has 0 unspecified atom stereocenters. The fraction of sp³-hybridized carbons (Fsp3) is 1.00. The summed E-state index contributed by atoms with van der Waals surface area (Å²) in [5.41, 5.74) is 0.795. The van der Waals surface area contributed by atoms with Gasteiger partial charge in [0.05, 0.1) is 6.61 Å². The molecule has 2 nitrogen and oxygen atoms in total. The Morgan fingerprint density at radius 3 is 2.27 bits per heavy atom. The first-order valence-electron chi connectivity index (χ1n) is 4.40. The van der Waals surface area contributed by atoms with Crippen molar-refractivity contribution < 1.29 is 4.84 Å². The van der Waals surface area contributed by atoms with Gasteiger partial charge in [-0.1, -0.05) is 27.2 Å². The van der Waals surface area contributed by atoms with Crippen molar-refractivity contribution in [3.05, 3.63) is 0 Å². The van der Waals surface area contributed by atoms with Gasteiger partial charge in [-0.3, -0.25) is 0 Å². The highest BCUT2D eigenvalue weighted by Crippen LogP contribution is 2.59. The Bertz CT molecular complexity index is 138. The summed E-state index contributed by atoms with van der Waals surface area (Å²) in [4.78, 5) is 4.76.